The molecule has 0 radical (unpaired) electrons. The van der Waals surface area contributed by atoms with Crippen LogP contribution in [-0.2, 0) is 4.79 Å². The lowest BCUT2D eigenvalue weighted by Gasteiger charge is -2.28. The number of halogens is 1. The summed E-state index contributed by atoms with van der Waals surface area (Å²) < 4.78 is 0. The summed E-state index contributed by atoms with van der Waals surface area (Å²) in [4.78, 5) is 41.2. The van der Waals surface area contributed by atoms with Gasteiger partial charge in [0.25, 0.3) is 11.8 Å². The number of hydrogen-bond acceptors (Lipinski definition) is 4. The van der Waals surface area contributed by atoms with Gasteiger partial charge in [0.05, 0.1) is 17.2 Å². The van der Waals surface area contributed by atoms with Crippen molar-refractivity contribution < 1.29 is 14.4 Å². The highest BCUT2D eigenvalue weighted by molar-refractivity contribution is 6.30. The van der Waals surface area contributed by atoms with E-state index in [1.165, 1.54) is 4.90 Å². The molecule has 168 valence electrons. The Hall–Kier alpha value is -2.70. The zero-order valence-electron chi connectivity index (χ0n) is 18.3. The van der Waals surface area contributed by atoms with Crippen molar-refractivity contribution in [1.82, 2.24) is 15.1 Å². The molecule has 6 nitrogen and oxygen atoms in total. The lowest BCUT2D eigenvalue weighted by Crippen LogP contribution is -2.37. The van der Waals surface area contributed by atoms with Gasteiger partial charge in [0.15, 0.2) is 0 Å². The van der Waals surface area contributed by atoms with Crippen LogP contribution in [0.5, 0.6) is 0 Å². The minimum Gasteiger partial charge on any atom is -0.354 e. The largest absolute Gasteiger partial charge is 0.354 e. The summed E-state index contributed by atoms with van der Waals surface area (Å²) in [5.74, 6) is -0.631. The molecule has 2 aliphatic rings. The van der Waals surface area contributed by atoms with E-state index in [1.54, 1.807) is 12.1 Å². The molecule has 2 aliphatic heterocycles. The highest BCUT2D eigenvalue weighted by Gasteiger charge is 2.35. The zero-order chi connectivity index (χ0) is 22.7. The van der Waals surface area contributed by atoms with Crippen molar-refractivity contribution in [3.63, 3.8) is 0 Å². The van der Waals surface area contributed by atoms with Crippen LogP contribution >= 0.6 is 11.6 Å². The number of fused-ring (bicyclic) bond motifs is 1. The molecule has 7 heteroatoms. The zero-order valence-corrected chi connectivity index (χ0v) is 19.0. The first-order chi connectivity index (χ1) is 15.4. The summed E-state index contributed by atoms with van der Waals surface area (Å²) in [5.41, 5.74) is 2.94. The van der Waals surface area contributed by atoms with Gasteiger partial charge in [0, 0.05) is 24.5 Å². The van der Waals surface area contributed by atoms with Crippen LogP contribution in [0.3, 0.4) is 0 Å². The van der Waals surface area contributed by atoms with Crippen LogP contribution in [0.2, 0.25) is 5.02 Å². The summed E-state index contributed by atoms with van der Waals surface area (Å²) in [6, 6.07) is 13.2. The van der Waals surface area contributed by atoms with E-state index in [0.717, 1.165) is 37.1 Å². The van der Waals surface area contributed by atoms with Crippen molar-refractivity contribution >= 4 is 29.3 Å². The van der Waals surface area contributed by atoms with E-state index in [4.69, 9.17) is 11.6 Å². The maximum absolute atomic E-state index is 12.6. The van der Waals surface area contributed by atoms with E-state index in [0.29, 0.717) is 29.1 Å². The first-order valence-electron chi connectivity index (χ1n) is 11.2. The maximum atomic E-state index is 12.6. The summed E-state index contributed by atoms with van der Waals surface area (Å²) in [7, 11) is 0. The van der Waals surface area contributed by atoms with Gasteiger partial charge in [-0.2, -0.15) is 0 Å². The van der Waals surface area contributed by atoms with Gasteiger partial charge in [-0.3, -0.25) is 24.2 Å². The second-order valence-electron chi connectivity index (χ2n) is 8.53. The Morgan fingerprint density at radius 1 is 1.06 bits per heavy atom. The molecule has 0 saturated carbocycles. The number of amides is 3. The minimum atomic E-state index is -0.277. The average Bonchev–Trinajstić information content (AvgIpc) is 3.37. The highest BCUT2D eigenvalue weighted by atomic mass is 35.5. The van der Waals surface area contributed by atoms with Crippen LogP contribution < -0.4 is 5.32 Å². The van der Waals surface area contributed by atoms with Crippen molar-refractivity contribution in [2.75, 3.05) is 26.2 Å². The molecule has 1 N–H and O–H groups in total. The van der Waals surface area contributed by atoms with Crippen LogP contribution in [0.15, 0.2) is 42.5 Å². The fourth-order valence-corrected chi connectivity index (χ4v) is 4.73. The second-order valence-corrected chi connectivity index (χ2v) is 8.97. The van der Waals surface area contributed by atoms with Crippen molar-refractivity contribution in [2.24, 2.45) is 0 Å². The van der Waals surface area contributed by atoms with E-state index in [9.17, 15) is 14.4 Å². The van der Waals surface area contributed by atoms with Gasteiger partial charge < -0.3 is 5.32 Å². The van der Waals surface area contributed by atoms with Gasteiger partial charge in [-0.15, -0.1) is 0 Å². The van der Waals surface area contributed by atoms with Crippen LogP contribution in [0.25, 0.3) is 0 Å². The third-order valence-electron chi connectivity index (χ3n) is 6.22. The SMILES string of the molecule is Cc1ccc2c(c1)C(=O)N(CCCC(=O)NCC(c1cccc(Cl)c1)N1CCCC1)C2=O. The molecule has 2 aromatic rings. The lowest BCUT2D eigenvalue weighted by molar-refractivity contribution is -0.121. The van der Waals surface area contributed by atoms with Crippen LogP contribution in [0.1, 0.15) is 63.6 Å². The second kappa shape index (κ2) is 9.84. The number of imide groups is 1. The first-order valence-corrected chi connectivity index (χ1v) is 11.5. The monoisotopic (exact) mass is 453 g/mol. The molecule has 0 bridgehead atoms. The molecular formula is C25H28ClN3O3. The van der Waals surface area contributed by atoms with E-state index in [-0.39, 0.29) is 36.7 Å². The van der Waals surface area contributed by atoms with Gasteiger partial charge in [-0.25, -0.2) is 0 Å². The molecule has 4 rings (SSSR count). The number of rotatable bonds is 8. The molecule has 0 aromatic heterocycles. The van der Waals surface area contributed by atoms with Crippen molar-refractivity contribution in [3.8, 4) is 0 Å². The molecule has 1 atom stereocenters. The molecule has 0 aliphatic carbocycles. The smallest absolute Gasteiger partial charge is 0.261 e. The Balaban J connectivity index is 1.30. The normalized spacial score (nSPS) is 17.0. The van der Waals surface area contributed by atoms with Crippen LogP contribution in [-0.4, -0.2) is 53.7 Å². The lowest BCUT2D eigenvalue weighted by atomic mass is 10.1. The molecular weight excluding hydrogens is 426 g/mol. The standard InChI is InChI=1S/C25H28ClN3O3/c1-17-9-10-20-21(14-17)25(32)29(24(20)31)13-5-8-23(30)27-16-22(28-11-2-3-12-28)18-6-4-7-19(26)15-18/h4,6-7,9-10,14-15,22H,2-3,5,8,11-13,16H2,1H3,(H,27,30). The van der Waals surface area contributed by atoms with Gasteiger partial charge in [0.1, 0.15) is 0 Å². The predicted molar refractivity (Wildman–Crippen MR) is 124 cm³/mol. The molecule has 32 heavy (non-hydrogen) atoms. The molecule has 0 spiro atoms. The van der Waals surface area contributed by atoms with E-state index < -0.39 is 0 Å². The molecule has 3 amide bonds. The van der Waals surface area contributed by atoms with Gasteiger partial charge in [-0.05, 0) is 69.1 Å². The third kappa shape index (κ3) is 4.87. The van der Waals surface area contributed by atoms with Gasteiger partial charge in [-0.1, -0.05) is 35.4 Å². The van der Waals surface area contributed by atoms with Gasteiger partial charge >= 0.3 is 0 Å². The van der Waals surface area contributed by atoms with Crippen molar-refractivity contribution in [1.29, 1.82) is 0 Å². The summed E-state index contributed by atoms with van der Waals surface area (Å²) in [5, 5.41) is 3.73. The Labute approximate surface area is 193 Å². The fraction of sp³-hybridized carbons (Fsp3) is 0.400. The van der Waals surface area contributed by atoms with Crippen molar-refractivity contribution in [3.05, 3.63) is 69.7 Å². The van der Waals surface area contributed by atoms with Crippen LogP contribution in [0, 0.1) is 6.92 Å². The topological polar surface area (TPSA) is 69.7 Å². The number of nitrogens with zero attached hydrogens (tertiary/aromatic N) is 2. The fourth-order valence-electron chi connectivity index (χ4n) is 4.53. The number of carbonyl (C=O) groups excluding carboxylic acids is 3. The maximum Gasteiger partial charge on any atom is 0.261 e. The average molecular weight is 454 g/mol. The summed E-state index contributed by atoms with van der Waals surface area (Å²) in [6.45, 7) is 4.65. The quantitative estimate of drug-likeness (QED) is 0.614. The van der Waals surface area contributed by atoms with Crippen LogP contribution in [0.4, 0.5) is 0 Å². The van der Waals surface area contributed by atoms with E-state index in [1.807, 2.05) is 37.3 Å². The van der Waals surface area contributed by atoms with Gasteiger partial charge in [0.2, 0.25) is 5.91 Å². The minimum absolute atomic E-state index is 0.0799. The van der Waals surface area contributed by atoms with Crippen molar-refractivity contribution in [2.45, 2.75) is 38.6 Å². The van der Waals surface area contributed by atoms with E-state index >= 15 is 0 Å². The summed E-state index contributed by atoms with van der Waals surface area (Å²) >= 11 is 6.19. The number of likely N-dealkylation sites (tertiary alicyclic amines) is 1. The molecule has 1 unspecified atom stereocenters. The number of aryl methyl sites for hydroxylation is 1. The van der Waals surface area contributed by atoms with E-state index in [2.05, 4.69) is 10.2 Å². The molecule has 2 heterocycles. The Kier molecular flexibility index (Phi) is 6.92. The predicted octanol–water partition coefficient (Wildman–Crippen LogP) is 3.98. The number of benzene rings is 2. The molecule has 2 aromatic carbocycles. The number of carbonyl (C=O) groups is 3. The Morgan fingerprint density at radius 3 is 2.56 bits per heavy atom. The number of hydrogen-bond donors (Lipinski definition) is 1. The number of nitrogens with one attached hydrogen (secondary N) is 1. The first kappa shape index (κ1) is 22.5. The third-order valence-corrected chi connectivity index (χ3v) is 6.45. The highest BCUT2D eigenvalue weighted by Crippen LogP contribution is 2.27. The molecule has 1 saturated heterocycles. The Morgan fingerprint density at radius 2 is 1.81 bits per heavy atom. The Bertz CT molecular complexity index is 1030. The molecule has 1 fully saturated rings. The summed E-state index contributed by atoms with van der Waals surface area (Å²) in [6.07, 6.45) is 3.01.